The van der Waals surface area contributed by atoms with Crippen molar-refractivity contribution in [2.24, 2.45) is 11.7 Å². The van der Waals surface area contributed by atoms with E-state index in [1.165, 1.54) is 6.42 Å². The zero-order valence-corrected chi connectivity index (χ0v) is 11.9. The van der Waals surface area contributed by atoms with E-state index >= 15 is 0 Å². The zero-order chi connectivity index (χ0) is 13.5. The van der Waals surface area contributed by atoms with Gasteiger partial charge in [-0.3, -0.25) is 9.69 Å². The minimum Gasteiger partial charge on any atom is -0.383 e. The molecule has 0 aromatic carbocycles. The fourth-order valence-corrected chi connectivity index (χ4v) is 2.12. The summed E-state index contributed by atoms with van der Waals surface area (Å²) < 4.78 is 4.92. The summed E-state index contributed by atoms with van der Waals surface area (Å²) in [6.07, 6.45) is 1.22. The lowest BCUT2D eigenvalue weighted by molar-refractivity contribution is -0.135. The molecule has 1 atom stereocenters. The number of carbonyl (C=O) groups is 1. The summed E-state index contributed by atoms with van der Waals surface area (Å²) in [6.45, 7) is 9.39. The standard InChI is InChI=1S/C13H27N3O2/c1-11(2)4-5-15-6-8-16(9-7-15)13(17)12(14)10-18-3/h11-12H,4-10,14H2,1-3H3. The molecule has 0 radical (unpaired) electrons. The van der Waals surface area contributed by atoms with Gasteiger partial charge in [-0.2, -0.15) is 0 Å². The molecule has 1 aliphatic heterocycles. The molecule has 0 spiro atoms. The molecule has 1 rings (SSSR count). The SMILES string of the molecule is COCC(N)C(=O)N1CCN(CCC(C)C)CC1. The molecule has 5 heteroatoms. The van der Waals surface area contributed by atoms with Crippen molar-refractivity contribution in [2.45, 2.75) is 26.3 Å². The number of hydrogen-bond donors (Lipinski definition) is 1. The van der Waals surface area contributed by atoms with Gasteiger partial charge < -0.3 is 15.4 Å². The van der Waals surface area contributed by atoms with Gasteiger partial charge in [-0.15, -0.1) is 0 Å². The highest BCUT2D eigenvalue weighted by Crippen LogP contribution is 2.07. The number of rotatable bonds is 6. The van der Waals surface area contributed by atoms with Gasteiger partial charge in [0.25, 0.3) is 0 Å². The number of hydrogen-bond acceptors (Lipinski definition) is 4. The van der Waals surface area contributed by atoms with Gasteiger partial charge >= 0.3 is 0 Å². The number of nitrogens with zero attached hydrogens (tertiary/aromatic N) is 2. The monoisotopic (exact) mass is 257 g/mol. The number of nitrogens with two attached hydrogens (primary N) is 1. The van der Waals surface area contributed by atoms with Crippen molar-refractivity contribution in [3.63, 3.8) is 0 Å². The molecule has 106 valence electrons. The molecular formula is C13H27N3O2. The Bertz CT molecular complexity index is 251. The van der Waals surface area contributed by atoms with E-state index in [9.17, 15) is 4.79 Å². The maximum absolute atomic E-state index is 12.0. The molecule has 0 aromatic rings. The van der Waals surface area contributed by atoms with Gasteiger partial charge in [0.2, 0.25) is 5.91 Å². The van der Waals surface area contributed by atoms with Gasteiger partial charge in [0.05, 0.1) is 6.61 Å². The van der Waals surface area contributed by atoms with Crippen molar-refractivity contribution in [1.29, 1.82) is 0 Å². The van der Waals surface area contributed by atoms with Crippen LogP contribution in [-0.4, -0.2) is 68.2 Å². The summed E-state index contributed by atoms with van der Waals surface area (Å²) >= 11 is 0. The van der Waals surface area contributed by atoms with E-state index in [0.29, 0.717) is 6.61 Å². The van der Waals surface area contributed by atoms with Crippen LogP contribution in [0.4, 0.5) is 0 Å². The molecule has 1 unspecified atom stereocenters. The molecule has 1 fully saturated rings. The van der Waals surface area contributed by atoms with E-state index in [4.69, 9.17) is 10.5 Å². The van der Waals surface area contributed by atoms with E-state index in [-0.39, 0.29) is 5.91 Å². The molecule has 0 aliphatic carbocycles. The molecule has 2 N–H and O–H groups in total. The minimum absolute atomic E-state index is 0.0142. The van der Waals surface area contributed by atoms with Gasteiger partial charge in [0.15, 0.2) is 0 Å². The molecule has 5 nitrogen and oxygen atoms in total. The van der Waals surface area contributed by atoms with E-state index < -0.39 is 6.04 Å². The largest absolute Gasteiger partial charge is 0.383 e. The second kappa shape index (κ2) is 7.71. The van der Waals surface area contributed by atoms with Crippen molar-refractivity contribution < 1.29 is 9.53 Å². The molecule has 0 saturated carbocycles. The number of carbonyl (C=O) groups excluding carboxylic acids is 1. The summed E-state index contributed by atoms with van der Waals surface area (Å²) in [5.41, 5.74) is 5.76. The highest BCUT2D eigenvalue weighted by Gasteiger charge is 2.24. The fraction of sp³-hybridized carbons (Fsp3) is 0.923. The second-order valence-corrected chi connectivity index (χ2v) is 5.41. The first-order valence-corrected chi connectivity index (χ1v) is 6.80. The zero-order valence-electron chi connectivity index (χ0n) is 11.9. The lowest BCUT2D eigenvalue weighted by atomic mass is 10.1. The summed E-state index contributed by atoms with van der Waals surface area (Å²) in [5, 5.41) is 0. The topological polar surface area (TPSA) is 58.8 Å². The Morgan fingerprint density at radius 2 is 1.89 bits per heavy atom. The number of amides is 1. The normalized spacial score (nSPS) is 19.3. The van der Waals surface area contributed by atoms with E-state index in [1.54, 1.807) is 7.11 Å². The summed E-state index contributed by atoms with van der Waals surface area (Å²) in [6, 6.07) is -0.516. The molecular weight excluding hydrogens is 230 g/mol. The van der Waals surface area contributed by atoms with Crippen molar-refractivity contribution in [3.8, 4) is 0 Å². The Morgan fingerprint density at radius 1 is 1.28 bits per heavy atom. The maximum atomic E-state index is 12.0. The third kappa shape index (κ3) is 4.92. The molecule has 1 amide bonds. The molecule has 1 heterocycles. The van der Waals surface area contributed by atoms with Crippen LogP contribution in [-0.2, 0) is 9.53 Å². The summed E-state index contributed by atoms with van der Waals surface area (Å²) in [5.74, 6) is 0.750. The number of piperazine rings is 1. The van der Waals surface area contributed by atoms with Gasteiger partial charge in [0.1, 0.15) is 6.04 Å². The first-order valence-electron chi connectivity index (χ1n) is 6.80. The highest BCUT2D eigenvalue weighted by atomic mass is 16.5. The van der Waals surface area contributed by atoms with Crippen LogP contribution < -0.4 is 5.73 Å². The van der Waals surface area contributed by atoms with Gasteiger partial charge in [0, 0.05) is 33.3 Å². The Balaban J connectivity index is 2.28. The van der Waals surface area contributed by atoms with Crippen LogP contribution in [0.5, 0.6) is 0 Å². The van der Waals surface area contributed by atoms with Crippen molar-refractivity contribution in [1.82, 2.24) is 9.80 Å². The molecule has 1 aliphatic rings. The first kappa shape index (κ1) is 15.4. The maximum Gasteiger partial charge on any atom is 0.241 e. The number of methoxy groups -OCH3 is 1. The Kier molecular flexibility index (Phi) is 6.60. The van der Waals surface area contributed by atoms with Crippen molar-refractivity contribution in [3.05, 3.63) is 0 Å². The van der Waals surface area contributed by atoms with E-state index in [0.717, 1.165) is 38.6 Å². The highest BCUT2D eigenvalue weighted by molar-refractivity contribution is 5.81. The minimum atomic E-state index is -0.516. The van der Waals surface area contributed by atoms with Crippen LogP contribution in [0, 0.1) is 5.92 Å². The van der Waals surface area contributed by atoms with Crippen LogP contribution in [0.15, 0.2) is 0 Å². The first-order chi connectivity index (χ1) is 8.54. The molecule has 0 bridgehead atoms. The van der Waals surface area contributed by atoms with E-state index in [1.807, 2.05) is 4.90 Å². The fourth-order valence-electron chi connectivity index (χ4n) is 2.12. The van der Waals surface area contributed by atoms with E-state index in [2.05, 4.69) is 18.7 Å². The average Bonchev–Trinajstić information content (AvgIpc) is 2.36. The molecule has 0 aromatic heterocycles. The second-order valence-electron chi connectivity index (χ2n) is 5.41. The summed E-state index contributed by atoms with van der Waals surface area (Å²) in [4.78, 5) is 16.2. The smallest absolute Gasteiger partial charge is 0.241 e. The van der Waals surface area contributed by atoms with Crippen LogP contribution >= 0.6 is 0 Å². The van der Waals surface area contributed by atoms with Gasteiger partial charge in [-0.25, -0.2) is 0 Å². The van der Waals surface area contributed by atoms with Gasteiger partial charge in [-0.1, -0.05) is 13.8 Å². The summed E-state index contributed by atoms with van der Waals surface area (Å²) in [7, 11) is 1.57. The molecule has 18 heavy (non-hydrogen) atoms. The average molecular weight is 257 g/mol. The van der Waals surface area contributed by atoms with Gasteiger partial charge in [-0.05, 0) is 18.9 Å². The lowest BCUT2D eigenvalue weighted by Crippen LogP contribution is -2.54. The Morgan fingerprint density at radius 3 is 2.39 bits per heavy atom. The van der Waals surface area contributed by atoms with Crippen LogP contribution in [0.2, 0.25) is 0 Å². The van der Waals surface area contributed by atoms with Crippen LogP contribution in [0.25, 0.3) is 0 Å². The Hall–Kier alpha value is -0.650. The van der Waals surface area contributed by atoms with Crippen LogP contribution in [0.1, 0.15) is 20.3 Å². The predicted octanol–water partition coefficient (Wildman–Crippen LogP) is 0.150. The van der Waals surface area contributed by atoms with Crippen molar-refractivity contribution in [2.75, 3.05) is 46.4 Å². The predicted molar refractivity (Wildman–Crippen MR) is 72.3 cm³/mol. The quantitative estimate of drug-likeness (QED) is 0.736. The van der Waals surface area contributed by atoms with Crippen LogP contribution in [0.3, 0.4) is 0 Å². The third-order valence-electron chi connectivity index (χ3n) is 3.37. The van der Waals surface area contributed by atoms with Crippen molar-refractivity contribution >= 4 is 5.91 Å². The lowest BCUT2D eigenvalue weighted by Gasteiger charge is -2.36. The molecule has 1 saturated heterocycles. The third-order valence-corrected chi connectivity index (χ3v) is 3.37. The number of ether oxygens (including phenoxy) is 1. The Labute approximate surface area is 110 Å².